The largest absolute Gasteiger partial charge is 0.319 e. The lowest BCUT2D eigenvalue weighted by Gasteiger charge is -1.95. The van der Waals surface area contributed by atoms with Crippen LogP contribution < -0.4 is 4.80 Å². The topological polar surface area (TPSA) is 34.4 Å². The van der Waals surface area contributed by atoms with Crippen LogP contribution >= 0.6 is 38.6 Å². The van der Waals surface area contributed by atoms with Gasteiger partial charge in [-0.05, 0) is 52.7 Å². The number of fused-ring (bicyclic) bond motifs is 1. The van der Waals surface area contributed by atoms with Gasteiger partial charge in [-0.1, -0.05) is 17.4 Å². The number of amides is 1. The van der Waals surface area contributed by atoms with E-state index in [4.69, 9.17) is 0 Å². The Balaban J connectivity index is 2.12. The molecule has 0 saturated heterocycles. The Kier molecular flexibility index (Phi) is 3.62. The molecule has 0 N–H and O–H groups in total. The van der Waals surface area contributed by atoms with E-state index in [1.807, 2.05) is 17.7 Å². The molecule has 3 rings (SSSR count). The summed E-state index contributed by atoms with van der Waals surface area (Å²) in [6, 6.07) is 9.90. The Morgan fingerprint density at radius 3 is 2.75 bits per heavy atom. The highest BCUT2D eigenvalue weighted by Crippen LogP contribution is 2.23. The molecule has 0 atom stereocenters. The molecule has 1 amide bonds. The summed E-state index contributed by atoms with van der Waals surface area (Å²) < 4.78 is 4.04. The van der Waals surface area contributed by atoms with Gasteiger partial charge in [-0.25, -0.2) is 0 Å². The molecule has 2 aromatic heterocycles. The summed E-state index contributed by atoms with van der Waals surface area (Å²) in [5.74, 6) is -0.195. The predicted molar refractivity (Wildman–Crippen MR) is 87.4 cm³/mol. The number of thiazole rings is 1. The van der Waals surface area contributed by atoms with E-state index < -0.39 is 0 Å². The van der Waals surface area contributed by atoms with Gasteiger partial charge in [0, 0.05) is 7.05 Å². The first kappa shape index (κ1) is 13.7. The van der Waals surface area contributed by atoms with E-state index in [9.17, 15) is 4.79 Å². The van der Waals surface area contributed by atoms with E-state index in [-0.39, 0.29) is 5.91 Å². The van der Waals surface area contributed by atoms with Gasteiger partial charge in [-0.3, -0.25) is 4.79 Å². The van der Waals surface area contributed by atoms with Gasteiger partial charge < -0.3 is 4.57 Å². The first-order chi connectivity index (χ1) is 9.54. The zero-order valence-corrected chi connectivity index (χ0v) is 14.1. The quantitative estimate of drug-likeness (QED) is 0.637. The fourth-order valence-electron chi connectivity index (χ4n) is 1.92. The number of hydrogen-bond acceptors (Lipinski definition) is 3. The van der Waals surface area contributed by atoms with Gasteiger partial charge in [0.1, 0.15) is 0 Å². The standard InChI is InChI=1S/C14H11BrN2OS2/c1-8-3-4-9-11(7-8)20-14(17(9)2)16-13(18)10-5-6-12(15)19-10/h3-7H,1-2H3. The first-order valence-corrected chi connectivity index (χ1v) is 8.38. The van der Waals surface area contributed by atoms with Crippen molar-refractivity contribution >= 4 is 54.7 Å². The summed E-state index contributed by atoms with van der Waals surface area (Å²) >= 11 is 6.29. The van der Waals surface area contributed by atoms with Crippen LogP contribution in [0.4, 0.5) is 0 Å². The molecule has 0 aliphatic rings. The monoisotopic (exact) mass is 366 g/mol. The van der Waals surface area contributed by atoms with Crippen molar-refractivity contribution in [2.45, 2.75) is 6.92 Å². The second-order valence-corrected chi connectivity index (χ2v) is 7.91. The minimum Gasteiger partial charge on any atom is -0.319 e. The number of rotatable bonds is 1. The normalized spacial score (nSPS) is 12.2. The lowest BCUT2D eigenvalue weighted by Crippen LogP contribution is -2.12. The Morgan fingerprint density at radius 1 is 1.25 bits per heavy atom. The molecule has 102 valence electrons. The van der Waals surface area contributed by atoms with Crippen molar-refractivity contribution in [3.8, 4) is 0 Å². The molecular formula is C14H11BrN2OS2. The summed E-state index contributed by atoms with van der Waals surface area (Å²) in [5.41, 5.74) is 2.30. The fraction of sp³-hybridized carbons (Fsp3) is 0.143. The van der Waals surface area contributed by atoms with Crippen LogP contribution in [-0.4, -0.2) is 10.5 Å². The van der Waals surface area contributed by atoms with Crippen molar-refractivity contribution in [1.82, 2.24) is 4.57 Å². The van der Waals surface area contributed by atoms with Crippen molar-refractivity contribution < 1.29 is 4.79 Å². The zero-order valence-electron chi connectivity index (χ0n) is 10.9. The summed E-state index contributed by atoms with van der Waals surface area (Å²) in [7, 11) is 1.94. The summed E-state index contributed by atoms with van der Waals surface area (Å²) in [6.45, 7) is 2.06. The van der Waals surface area contributed by atoms with Crippen LogP contribution in [-0.2, 0) is 7.05 Å². The summed E-state index contributed by atoms with van der Waals surface area (Å²) in [5, 5.41) is 0. The molecule has 2 heterocycles. The average Bonchev–Trinajstić information content (AvgIpc) is 2.95. The number of carbonyl (C=O) groups is 1. The number of carbonyl (C=O) groups excluding carboxylic acids is 1. The molecule has 0 radical (unpaired) electrons. The van der Waals surface area contributed by atoms with Crippen LogP contribution in [0.25, 0.3) is 10.2 Å². The minimum atomic E-state index is -0.195. The molecule has 0 unspecified atom stereocenters. The SMILES string of the molecule is Cc1ccc2c(c1)sc(=NC(=O)c1ccc(Br)s1)n2C. The van der Waals surface area contributed by atoms with E-state index in [0.717, 1.165) is 18.8 Å². The van der Waals surface area contributed by atoms with Crippen LogP contribution in [0.2, 0.25) is 0 Å². The number of nitrogens with zero attached hydrogens (tertiary/aromatic N) is 2. The number of aryl methyl sites for hydroxylation is 2. The molecule has 0 saturated carbocycles. The maximum atomic E-state index is 12.1. The van der Waals surface area contributed by atoms with E-state index >= 15 is 0 Å². The van der Waals surface area contributed by atoms with Crippen LogP contribution in [0.15, 0.2) is 39.1 Å². The van der Waals surface area contributed by atoms with Crippen molar-refractivity contribution in [3.05, 3.63) is 49.4 Å². The molecule has 3 nitrogen and oxygen atoms in total. The maximum Gasteiger partial charge on any atom is 0.289 e. The molecule has 0 bridgehead atoms. The number of halogens is 1. The Labute approximate surface area is 132 Å². The molecule has 20 heavy (non-hydrogen) atoms. The van der Waals surface area contributed by atoms with E-state index in [1.54, 1.807) is 6.07 Å². The van der Waals surface area contributed by atoms with Crippen molar-refractivity contribution in [2.24, 2.45) is 12.0 Å². The molecule has 3 aromatic rings. The van der Waals surface area contributed by atoms with E-state index in [2.05, 4.69) is 46.0 Å². The number of hydrogen-bond donors (Lipinski definition) is 0. The molecule has 0 spiro atoms. The highest BCUT2D eigenvalue weighted by atomic mass is 79.9. The number of aromatic nitrogens is 1. The van der Waals surface area contributed by atoms with Gasteiger partial charge in [-0.2, -0.15) is 4.99 Å². The second-order valence-electron chi connectivity index (χ2n) is 4.44. The zero-order chi connectivity index (χ0) is 14.3. The van der Waals surface area contributed by atoms with Crippen LogP contribution in [0.3, 0.4) is 0 Å². The molecule has 0 fully saturated rings. The molecular weight excluding hydrogens is 356 g/mol. The van der Waals surface area contributed by atoms with Crippen LogP contribution in [0, 0.1) is 6.92 Å². The lowest BCUT2D eigenvalue weighted by atomic mass is 10.2. The van der Waals surface area contributed by atoms with Crippen LogP contribution in [0.1, 0.15) is 15.2 Å². The first-order valence-electron chi connectivity index (χ1n) is 5.95. The van der Waals surface area contributed by atoms with Crippen molar-refractivity contribution in [3.63, 3.8) is 0 Å². The highest BCUT2D eigenvalue weighted by molar-refractivity contribution is 9.11. The van der Waals surface area contributed by atoms with E-state index in [0.29, 0.717) is 4.88 Å². The summed E-state index contributed by atoms with van der Waals surface area (Å²) in [4.78, 5) is 17.7. The molecule has 1 aromatic carbocycles. The minimum absolute atomic E-state index is 0.195. The maximum absolute atomic E-state index is 12.1. The predicted octanol–water partition coefficient (Wildman–Crippen LogP) is 4.11. The van der Waals surface area contributed by atoms with Gasteiger partial charge in [0.05, 0.1) is 18.9 Å². The lowest BCUT2D eigenvalue weighted by molar-refractivity contribution is 0.100. The van der Waals surface area contributed by atoms with Gasteiger partial charge in [0.15, 0.2) is 4.80 Å². The Bertz CT molecular complexity index is 873. The third-order valence-corrected chi connectivity index (χ3v) is 5.65. The third-order valence-electron chi connectivity index (χ3n) is 2.95. The Morgan fingerprint density at radius 2 is 2.05 bits per heavy atom. The Hall–Kier alpha value is -1.24. The summed E-state index contributed by atoms with van der Waals surface area (Å²) in [6.07, 6.45) is 0. The second kappa shape index (κ2) is 5.27. The van der Waals surface area contributed by atoms with E-state index in [1.165, 1.54) is 28.2 Å². The molecule has 6 heteroatoms. The van der Waals surface area contributed by atoms with Gasteiger partial charge in [-0.15, -0.1) is 11.3 Å². The number of thiophene rings is 1. The number of benzene rings is 1. The van der Waals surface area contributed by atoms with Crippen molar-refractivity contribution in [1.29, 1.82) is 0 Å². The molecule has 0 aliphatic heterocycles. The third kappa shape index (κ3) is 2.51. The molecule has 0 aliphatic carbocycles. The van der Waals surface area contributed by atoms with Crippen LogP contribution in [0.5, 0.6) is 0 Å². The van der Waals surface area contributed by atoms with Gasteiger partial charge in [0.2, 0.25) is 0 Å². The average molecular weight is 367 g/mol. The van der Waals surface area contributed by atoms with Gasteiger partial charge in [0.25, 0.3) is 5.91 Å². The highest BCUT2D eigenvalue weighted by Gasteiger charge is 2.09. The van der Waals surface area contributed by atoms with Gasteiger partial charge >= 0.3 is 0 Å². The van der Waals surface area contributed by atoms with Crippen molar-refractivity contribution in [2.75, 3.05) is 0 Å². The fourth-order valence-corrected chi connectivity index (χ4v) is 4.30. The smallest absolute Gasteiger partial charge is 0.289 e.